The van der Waals surface area contributed by atoms with Crippen molar-refractivity contribution < 1.29 is 139 Å². The van der Waals surface area contributed by atoms with Gasteiger partial charge in [0.2, 0.25) is 0 Å². The van der Waals surface area contributed by atoms with Gasteiger partial charge in [-0.2, -0.15) is 0 Å². The molecule has 3 aliphatic rings. The fourth-order valence-corrected chi connectivity index (χ4v) is 5.80. The molecule has 3 aliphatic heterocycles. The molecule has 53 heavy (non-hydrogen) atoms. The van der Waals surface area contributed by atoms with Crippen molar-refractivity contribution in [2.75, 3.05) is 33.3 Å². The van der Waals surface area contributed by atoms with Crippen LogP contribution in [0.4, 0.5) is 0 Å². The molecule has 0 spiro atoms. The molecule has 3 saturated heterocycles. The zero-order valence-electron chi connectivity index (χ0n) is 34.6. The van der Waals surface area contributed by atoms with Gasteiger partial charge < -0.3 is 26.7 Å². The van der Waals surface area contributed by atoms with Gasteiger partial charge >= 0.3 is 103 Å². The first-order valence-electron chi connectivity index (χ1n) is 17.4. The maximum Gasteiger partial charge on any atom is 1.00 e. The normalized spacial score (nSPS) is 17.8. The predicted octanol–water partition coefficient (Wildman–Crippen LogP) is 1.03. The number of nitrogens with zero attached hydrogens (tertiary/aromatic N) is 1. The summed E-state index contributed by atoms with van der Waals surface area (Å²) in [6.07, 6.45) is 5.21. The summed E-state index contributed by atoms with van der Waals surface area (Å²) >= 11 is 3.33. The van der Waals surface area contributed by atoms with E-state index in [2.05, 4.69) is 76.1 Å². The van der Waals surface area contributed by atoms with E-state index in [-0.39, 0.29) is 139 Å². The summed E-state index contributed by atoms with van der Waals surface area (Å²) in [6.45, 7) is 18.6. The number of benzene rings is 3. The monoisotopic (exact) mass is 848 g/mol. The Bertz CT molecular complexity index is 1420. The number of ketones is 2. The van der Waals surface area contributed by atoms with E-state index < -0.39 is 4.32 Å². The molecule has 3 aromatic rings. The van der Waals surface area contributed by atoms with E-state index in [1.54, 1.807) is 0 Å². The molecule has 0 aromatic heterocycles. The number of aliphatic hydroxyl groups excluding tert-OH is 1. The quantitative estimate of drug-likeness (QED) is 0.0682. The molecule has 0 bridgehead atoms. The molecule has 1 atom stereocenters. The van der Waals surface area contributed by atoms with Crippen LogP contribution in [0.25, 0.3) is 0 Å². The Morgan fingerprint density at radius 2 is 1.15 bits per heavy atom. The van der Waals surface area contributed by atoms with Gasteiger partial charge in [0.05, 0.1) is 15.5 Å². The Morgan fingerprint density at radius 1 is 0.792 bits per heavy atom. The van der Waals surface area contributed by atoms with E-state index in [9.17, 15) is 9.59 Å². The van der Waals surface area contributed by atoms with Crippen molar-refractivity contribution in [3.8, 4) is 0 Å². The molecule has 1 unspecified atom stereocenters. The molecule has 9 nitrogen and oxygen atoms in total. The molecule has 2 N–H and O–H groups in total. The van der Waals surface area contributed by atoms with Gasteiger partial charge in [0, 0.05) is 18.2 Å². The number of likely N-dealkylation sites (tertiary alicyclic amines) is 1. The van der Waals surface area contributed by atoms with Crippen LogP contribution in [0.1, 0.15) is 102 Å². The number of nitrogens with one attached hydrogen (secondary N) is 1. The largest absolute Gasteiger partial charge is 1.00 e. The maximum atomic E-state index is 12.4. The van der Waals surface area contributed by atoms with Gasteiger partial charge in [0.25, 0.3) is 6.47 Å². The molecular weight excluding hydrogens is 791 g/mol. The third kappa shape index (κ3) is 19.3. The van der Waals surface area contributed by atoms with Gasteiger partial charge in [-0.25, -0.2) is 0 Å². The number of carbonyl (C=O) groups excluding carboxylic acids is 3. The van der Waals surface area contributed by atoms with Crippen LogP contribution in [0.3, 0.4) is 0 Å². The Kier molecular flexibility index (Phi) is 29.6. The van der Waals surface area contributed by atoms with Gasteiger partial charge in [-0.1, -0.05) is 107 Å². The van der Waals surface area contributed by atoms with E-state index in [0.29, 0.717) is 0 Å². The van der Waals surface area contributed by atoms with Crippen LogP contribution < -0.4 is 113 Å². The Morgan fingerprint density at radius 3 is 1.45 bits per heavy atom. The smallest absolute Gasteiger partial charge is 1.00 e. The molecule has 0 amide bonds. The van der Waals surface area contributed by atoms with Crippen molar-refractivity contribution in [3.63, 3.8) is 0 Å². The van der Waals surface area contributed by atoms with Crippen LogP contribution in [0, 0.1) is 0 Å². The summed E-state index contributed by atoms with van der Waals surface area (Å²) in [7, 11) is 1.00. The molecule has 3 fully saturated rings. The van der Waals surface area contributed by atoms with Crippen molar-refractivity contribution in [2.24, 2.45) is 0 Å². The molecule has 0 saturated carbocycles. The number of hydrogen-bond donors (Lipinski definition) is 2. The number of ether oxygens (including phenoxy) is 1. The molecule has 284 valence electrons. The summed E-state index contributed by atoms with van der Waals surface area (Å²) in [5.41, 5.74) is 2.43. The Balaban J connectivity index is -0.000000624. The summed E-state index contributed by atoms with van der Waals surface area (Å²) in [4.78, 5) is 37.6. The first kappa shape index (κ1) is 55.1. The van der Waals surface area contributed by atoms with E-state index in [0.717, 1.165) is 31.3 Å². The average Bonchev–Trinajstić information content (AvgIpc) is 3.73. The van der Waals surface area contributed by atoms with Crippen molar-refractivity contribution in [3.05, 3.63) is 108 Å². The summed E-state index contributed by atoms with van der Waals surface area (Å²) in [5, 5.41) is 18.7. The van der Waals surface area contributed by atoms with E-state index in [1.807, 2.05) is 94.4 Å². The van der Waals surface area contributed by atoms with Gasteiger partial charge in [-0.05, 0) is 106 Å². The second-order valence-electron chi connectivity index (χ2n) is 13.8. The van der Waals surface area contributed by atoms with Gasteiger partial charge in [-0.3, -0.25) is 19.3 Å². The minimum Gasteiger partial charge on any atom is -1.00 e. The third-order valence-corrected chi connectivity index (χ3v) is 9.31. The van der Waals surface area contributed by atoms with Gasteiger partial charge in [0.15, 0.2) is 11.6 Å². The van der Waals surface area contributed by atoms with Crippen LogP contribution >= 0.6 is 15.9 Å². The summed E-state index contributed by atoms with van der Waals surface area (Å²) in [6, 6.07) is 29.3. The van der Waals surface area contributed by atoms with Gasteiger partial charge in [0.1, 0.15) is 5.60 Å². The van der Waals surface area contributed by atoms with E-state index in [1.165, 1.54) is 44.3 Å². The van der Waals surface area contributed by atoms with E-state index in [4.69, 9.17) is 19.9 Å². The number of hydrogen-bond acceptors (Lipinski definition) is 9. The molecule has 0 aliphatic carbocycles. The number of epoxide rings is 1. The second kappa shape index (κ2) is 28.4. The van der Waals surface area contributed by atoms with E-state index >= 15 is 0 Å². The molecule has 0 radical (unpaired) electrons. The van der Waals surface area contributed by atoms with Gasteiger partial charge in [-0.15, -0.1) is 0 Å². The third-order valence-electron chi connectivity index (χ3n) is 8.95. The molecular formula is C41H59BrK2N2O7. The Labute approximate surface area is 413 Å². The van der Waals surface area contributed by atoms with Crippen LogP contribution in [-0.4, -0.2) is 76.8 Å². The first-order valence-corrected chi connectivity index (χ1v) is 18.2. The molecule has 3 aromatic carbocycles. The van der Waals surface area contributed by atoms with Crippen molar-refractivity contribution >= 4 is 34.0 Å². The number of halogens is 1. The number of aliphatic hydroxyl groups is 1. The maximum absolute atomic E-state index is 12.4. The average molecular weight is 850 g/mol. The van der Waals surface area contributed by atoms with Crippen LogP contribution in [-0.2, 0) is 20.0 Å². The predicted molar refractivity (Wildman–Crippen MR) is 207 cm³/mol. The molecule has 12 heteroatoms. The van der Waals surface area contributed by atoms with Crippen molar-refractivity contribution in [1.29, 1.82) is 0 Å². The van der Waals surface area contributed by atoms with Crippen LogP contribution in [0.5, 0.6) is 0 Å². The zero-order valence-corrected chi connectivity index (χ0v) is 41.4. The number of alkyl halides is 1. The number of Topliss-reactive ketones (excluding diaryl/α,β-unsaturated/α-hetero) is 2. The fourth-order valence-electron chi connectivity index (χ4n) is 5.57. The Hall–Kier alpha value is 0.0227. The SMILES string of the molecule is C1CCNC1.CC(C)(Br)C(=O)c1ccccc1.CC(C)(C(=O)c1ccccc1)N1CCCC1.CC1(C)OC1(C)c1ccccc1.CO.O=CO[O-].[H-].[K+].[K+]. The summed E-state index contributed by atoms with van der Waals surface area (Å²) in [5.74, 6) is 0.345. The fraction of sp³-hybridized carbons (Fsp3) is 0.488. The topological polar surface area (TPSA) is 132 Å². The summed E-state index contributed by atoms with van der Waals surface area (Å²) < 4.78 is 5.21. The standard InChI is InChI=1S/C14H19NO.C11H14O.C10H11BrO.C4H9N.CH2O3.CH4O.2K.H/c1-14(2,15-10-6-7-11-15)13(16)12-8-4-3-5-9-12;1-10(2)11(3,12-10)9-7-5-4-6-8-9;1-10(2,11)9(12)8-6-4-3-5-7-8;1-2-4-5-3-1;2-1-4-3;1-2;;;/h3-5,8-9H,6-7,10-11H2,1-2H3;4-8H,1-3H3;3-7H,1-2H3;5H,1-4H2;1,3H;2H,1H3;;;/q;;;;;;2*+1;-1/p-1. The van der Waals surface area contributed by atoms with Crippen molar-refractivity contribution in [2.45, 2.75) is 95.2 Å². The first-order chi connectivity index (χ1) is 24.1. The van der Waals surface area contributed by atoms with Crippen LogP contribution in [0.2, 0.25) is 0 Å². The number of rotatable bonds is 7. The second-order valence-corrected chi connectivity index (χ2v) is 15.8. The zero-order chi connectivity index (χ0) is 38.6. The van der Waals surface area contributed by atoms with Crippen molar-refractivity contribution in [1.82, 2.24) is 10.2 Å². The van der Waals surface area contributed by atoms with Crippen LogP contribution in [0.15, 0.2) is 91.0 Å². The minimum absolute atomic E-state index is 0. The molecule has 3 heterocycles. The number of carbonyl (C=O) groups is 3. The minimum atomic E-state index is -0.464. The molecule has 6 rings (SSSR count).